The van der Waals surface area contributed by atoms with Crippen molar-refractivity contribution in [2.24, 2.45) is 0 Å². The maximum absolute atomic E-state index is 4.23. The van der Waals surface area contributed by atoms with E-state index in [2.05, 4.69) is 26.6 Å². The highest BCUT2D eigenvalue weighted by Crippen LogP contribution is 2.11. The van der Waals surface area contributed by atoms with Gasteiger partial charge in [0.1, 0.15) is 11.2 Å². The SMILES string of the molecule is c1cc(CNc2nncs2)n2ccnc2c1. The van der Waals surface area contributed by atoms with Crippen LogP contribution in [0, 0.1) is 0 Å². The van der Waals surface area contributed by atoms with Crippen molar-refractivity contribution in [3.05, 3.63) is 41.8 Å². The highest BCUT2D eigenvalue weighted by Gasteiger charge is 2.01. The average molecular weight is 231 g/mol. The van der Waals surface area contributed by atoms with Gasteiger partial charge < -0.3 is 9.72 Å². The van der Waals surface area contributed by atoms with Crippen molar-refractivity contribution >= 4 is 22.1 Å². The Labute approximate surface area is 95.8 Å². The van der Waals surface area contributed by atoms with E-state index in [9.17, 15) is 0 Å². The van der Waals surface area contributed by atoms with E-state index in [1.165, 1.54) is 11.3 Å². The zero-order valence-electron chi connectivity index (χ0n) is 8.37. The third-order valence-electron chi connectivity index (χ3n) is 2.29. The lowest BCUT2D eigenvalue weighted by Crippen LogP contribution is -2.04. The zero-order chi connectivity index (χ0) is 10.8. The van der Waals surface area contributed by atoms with E-state index in [1.54, 1.807) is 11.7 Å². The molecule has 16 heavy (non-hydrogen) atoms. The number of nitrogens with zero attached hydrogens (tertiary/aromatic N) is 4. The van der Waals surface area contributed by atoms with Crippen molar-refractivity contribution in [1.29, 1.82) is 0 Å². The van der Waals surface area contributed by atoms with Gasteiger partial charge in [-0.3, -0.25) is 0 Å². The molecule has 3 heterocycles. The number of fused-ring (bicyclic) bond motifs is 1. The molecule has 0 fully saturated rings. The van der Waals surface area contributed by atoms with E-state index in [4.69, 9.17) is 0 Å². The fourth-order valence-electron chi connectivity index (χ4n) is 1.57. The van der Waals surface area contributed by atoms with Gasteiger partial charge in [0.15, 0.2) is 0 Å². The lowest BCUT2D eigenvalue weighted by molar-refractivity contribution is 0.973. The summed E-state index contributed by atoms with van der Waals surface area (Å²) in [6, 6.07) is 6.04. The van der Waals surface area contributed by atoms with Crippen LogP contribution in [0.3, 0.4) is 0 Å². The fraction of sp³-hybridized carbons (Fsp3) is 0.100. The third kappa shape index (κ3) is 1.63. The minimum atomic E-state index is 0.711. The van der Waals surface area contributed by atoms with Crippen molar-refractivity contribution in [2.75, 3.05) is 5.32 Å². The summed E-state index contributed by atoms with van der Waals surface area (Å²) >= 11 is 1.49. The number of hydrogen-bond donors (Lipinski definition) is 1. The molecule has 3 aromatic rings. The molecule has 3 aromatic heterocycles. The quantitative estimate of drug-likeness (QED) is 0.746. The Kier molecular flexibility index (Phi) is 2.26. The monoisotopic (exact) mass is 231 g/mol. The molecule has 0 unspecified atom stereocenters. The van der Waals surface area contributed by atoms with Gasteiger partial charge in [0.2, 0.25) is 5.13 Å². The predicted molar refractivity (Wildman–Crippen MR) is 62.4 cm³/mol. The van der Waals surface area contributed by atoms with E-state index in [1.807, 2.05) is 22.7 Å². The van der Waals surface area contributed by atoms with Gasteiger partial charge in [-0.1, -0.05) is 17.4 Å². The first-order chi connectivity index (χ1) is 7.93. The van der Waals surface area contributed by atoms with Gasteiger partial charge in [-0.2, -0.15) is 0 Å². The molecule has 0 radical (unpaired) electrons. The number of pyridine rings is 1. The fourth-order valence-corrected chi connectivity index (χ4v) is 2.01. The predicted octanol–water partition coefficient (Wildman–Crippen LogP) is 1.80. The second-order valence-corrected chi connectivity index (χ2v) is 4.10. The molecule has 0 spiro atoms. The number of nitrogens with one attached hydrogen (secondary N) is 1. The van der Waals surface area contributed by atoms with Gasteiger partial charge in [0, 0.05) is 18.1 Å². The lowest BCUT2D eigenvalue weighted by Gasteiger charge is -2.05. The van der Waals surface area contributed by atoms with Crippen molar-refractivity contribution in [3.63, 3.8) is 0 Å². The molecule has 0 aromatic carbocycles. The highest BCUT2D eigenvalue weighted by molar-refractivity contribution is 7.13. The summed E-state index contributed by atoms with van der Waals surface area (Å²) in [4.78, 5) is 4.23. The molecule has 0 aliphatic carbocycles. The number of imidazole rings is 1. The first-order valence-corrected chi connectivity index (χ1v) is 5.72. The molecule has 0 aliphatic heterocycles. The van der Waals surface area contributed by atoms with Crippen LogP contribution >= 0.6 is 11.3 Å². The molecule has 0 bridgehead atoms. The summed E-state index contributed by atoms with van der Waals surface area (Å²) in [6.45, 7) is 0.711. The molecule has 0 aliphatic rings. The van der Waals surface area contributed by atoms with Crippen molar-refractivity contribution in [3.8, 4) is 0 Å². The molecule has 0 amide bonds. The Morgan fingerprint density at radius 1 is 1.38 bits per heavy atom. The number of aromatic nitrogens is 4. The van der Waals surface area contributed by atoms with Crippen LogP contribution in [0.15, 0.2) is 36.1 Å². The van der Waals surface area contributed by atoms with Crippen LogP contribution in [0.25, 0.3) is 5.65 Å². The van der Waals surface area contributed by atoms with Crippen LogP contribution < -0.4 is 5.32 Å². The average Bonchev–Trinajstić information content (AvgIpc) is 2.97. The molecule has 1 N–H and O–H groups in total. The van der Waals surface area contributed by atoms with Gasteiger partial charge in [-0.25, -0.2) is 4.98 Å². The molecule has 0 saturated heterocycles. The van der Waals surface area contributed by atoms with Gasteiger partial charge in [0.25, 0.3) is 0 Å². The normalized spacial score (nSPS) is 10.8. The minimum absolute atomic E-state index is 0.711. The Hall–Kier alpha value is -1.95. The summed E-state index contributed by atoms with van der Waals surface area (Å²) in [6.07, 6.45) is 3.75. The zero-order valence-corrected chi connectivity index (χ0v) is 9.18. The van der Waals surface area contributed by atoms with Crippen LogP contribution in [0.4, 0.5) is 5.13 Å². The maximum Gasteiger partial charge on any atom is 0.205 e. The largest absolute Gasteiger partial charge is 0.354 e. The van der Waals surface area contributed by atoms with Crippen molar-refractivity contribution in [1.82, 2.24) is 19.6 Å². The second kappa shape index (κ2) is 3.90. The van der Waals surface area contributed by atoms with Gasteiger partial charge in [0.05, 0.1) is 6.54 Å². The number of hydrogen-bond acceptors (Lipinski definition) is 5. The smallest absolute Gasteiger partial charge is 0.205 e. The van der Waals surface area contributed by atoms with E-state index in [0.717, 1.165) is 16.5 Å². The molecule has 6 heteroatoms. The van der Waals surface area contributed by atoms with Gasteiger partial charge in [-0.15, -0.1) is 10.2 Å². The summed E-state index contributed by atoms with van der Waals surface area (Å²) in [5.74, 6) is 0. The number of anilines is 1. The third-order valence-corrected chi connectivity index (χ3v) is 2.94. The van der Waals surface area contributed by atoms with Crippen LogP contribution in [0.5, 0.6) is 0 Å². The molecular formula is C10H9N5S. The molecular weight excluding hydrogens is 222 g/mol. The van der Waals surface area contributed by atoms with E-state index >= 15 is 0 Å². The summed E-state index contributed by atoms with van der Waals surface area (Å²) < 4.78 is 2.05. The topological polar surface area (TPSA) is 55.1 Å². The Morgan fingerprint density at radius 2 is 2.38 bits per heavy atom. The molecule has 80 valence electrons. The first kappa shape index (κ1) is 9.29. The molecule has 3 rings (SSSR count). The van der Waals surface area contributed by atoms with E-state index < -0.39 is 0 Å². The lowest BCUT2D eigenvalue weighted by atomic mass is 10.3. The van der Waals surface area contributed by atoms with Gasteiger partial charge >= 0.3 is 0 Å². The Balaban J connectivity index is 1.86. The Morgan fingerprint density at radius 3 is 3.25 bits per heavy atom. The highest BCUT2D eigenvalue weighted by atomic mass is 32.1. The Bertz CT molecular complexity index is 586. The summed E-state index contributed by atoms with van der Waals surface area (Å²) in [7, 11) is 0. The minimum Gasteiger partial charge on any atom is -0.354 e. The van der Waals surface area contributed by atoms with Crippen molar-refractivity contribution < 1.29 is 0 Å². The first-order valence-electron chi connectivity index (χ1n) is 4.84. The van der Waals surface area contributed by atoms with E-state index in [-0.39, 0.29) is 0 Å². The molecule has 0 atom stereocenters. The van der Waals surface area contributed by atoms with E-state index in [0.29, 0.717) is 6.54 Å². The molecule has 0 saturated carbocycles. The summed E-state index contributed by atoms with van der Waals surface area (Å²) in [5, 5.41) is 11.8. The maximum atomic E-state index is 4.23. The van der Waals surface area contributed by atoms with Crippen molar-refractivity contribution in [2.45, 2.75) is 6.54 Å². The van der Waals surface area contributed by atoms with Crippen LogP contribution in [0.1, 0.15) is 5.69 Å². The molecule has 5 nitrogen and oxygen atoms in total. The van der Waals surface area contributed by atoms with Crippen LogP contribution in [0.2, 0.25) is 0 Å². The van der Waals surface area contributed by atoms with Crippen LogP contribution in [-0.2, 0) is 6.54 Å². The van der Waals surface area contributed by atoms with Gasteiger partial charge in [-0.05, 0) is 12.1 Å². The second-order valence-electron chi connectivity index (χ2n) is 3.27. The summed E-state index contributed by atoms with van der Waals surface area (Å²) in [5.41, 5.74) is 3.81. The van der Waals surface area contributed by atoms with Crippen LogP contribution in [-0.4, -0.2) is 19.6 Å². The number of rotatable bonds is 3. The standard InChI is InChI=1S/C10H9N5S/c1-2-8(6-12-10-14-13-7-16-10)15-5-4-11-9(15)3-1/h1-5,7H,6H2,(H,12,14).